The first-order chi connectivity index (χ1) is 8.95. The van der Waals surface area contributed by atoms with Crippen molar-refractivity contribution in [1.82, 2.24) is 10.6 Å². The van der Waals surface area contributed by atoms with Crippen LogP contribution in [0.5, 0.6) is 0 Å². The van der Waals surface area contributed by atoms with Gasteiger partial charge in [0.1, 0.15) is 0 Å². The Hall–Kier alpha value is -1.60. The number of aliphatic hydroxyl groups excluding tert-OH is 1. The Balaban J connectivity index is 2.65. The van der Waals surface area contributed by atoms with Crippen LogP contribution in [0.3, 0.4) is 0 Å². The third-order valence-electron chi connectivity index (χ3n) is 2.59. The van der Waals surface area contributed by atoms with Crippen LogP contribution in [0, 0.1) is 5.92 Å². The first-order valence-electron chi connectivity index (χ1n) is 5.89. The Morgan fingerprint density at radius 2 is 2.05 bits per heavy atom. The molecule has 7 heteroatoms. The molecule has 0 saturated heterocycles. The molecule has 2 amide bonds. The number of hydrogen-bond donors (Lipinski definition) is 4. The molecule has 4 N–H and O–H groups in total. The smallest absolute Gasteiger partial charge is 0.328 e. The second-order valence-corrected chi connectivity index (χ2v) is 5.41. The van der Waals surface area contributed by atoms with Gasteiger partial charge in [-0.1, -0.05) is 19.9 Å². The summed E-state index contributed by atoms with van der Waals surface area (Å²) in [5.41, 5.74) is 0. The van der Waals surface area contributed by atoms with E-state index in [9.17, 15) is 9.59 Å². The molecule has 0 aliphatic rings. The first-order valence-corrected chi connectivity index (χ1v) is 6.77. The molecule has 0 fully saturated rings. The van der Waals surface area contributed by atoms with Crippen molar-refractivity contribution < 1.29 is 19.8 Å². The van der Waals surface area contributed by atoms with Crippen molar-refractivity contribution in [3.63, 3.8) is 0 Å². The van der Waals surface area contributed by atoms with Gasteiger partial charge in [-0.05, 0) is 17.4 Å². The van der Waals surface area contributed by atoms with E-state index in [2.05, 4.69) is 10.6 Å². The van der Waals surface area contributed by atoms with Crippen LogP contribution in [0.25, 0.3) is 0 Å². The highest BCUT2D eigenvalue weighted by molar-refractivity contribution is 7.10. The summed E-state index contributed by atoms with van der Waals surface area (Å²) in [5.74, 6) is -1.10. The molecule has 106 valence electrons. The lowest BCUT2D eigenvalue weighted by molar-refractivity contribution is -0.140. The number of carboxylic acid groups (broad SMARTS) is 1. The molecule has 0 aliphatic heterocycles. The lowest BCUT2D eigenvalue weighted by atomic mass is 10.0. The van der Waals surface area contributed by atoms with E-state index in [1.807, 2.05) is 31.4 Å². The van der Waals surface area contributed by atoms with Gasteiger partial charge in [0.15, 0.2) is 6.04 Å². The highest BCUT2D eigenvalue weighted by Crippen LogP contribution is 2.25. The minimum atomic E-state index is -1.30. The van der Waals surface area contributed by atoms with E-state index in [0.717, 1.165) is 4.88 Å². The molecule has 0 aliphatic carbocycles. The fourth-order valence-corrected chi connectivity index (χ4v) is 2.51. The van der Waals surface area contributed by atoms with E-state index in [-0.39, 0.29) is 12.0 Å². The van der Waals surface area contributed by atoms with E-state index in [0.29, 0.717) is 0 Å². The summed E-state index contributed by atoms with van der Waals surface area (Å²) in [6, 6.07) is 1.72. The molecule has 6 nitrogen and oxygen atoms in total. The minimum absolute atomic E-state index is 0.168. The lowest BCUT2D eigenvalue weighted by Gasteiger charge is -2.22. The standard InChI is InChI=1S/C12H18N2O4S/c1-7(2)10(9-4-3-5-19-9)14-12(18)13-8(6-15)11(16)17/h3-5,7-8,10,15H,6H2,1-2H3,(H,16,17)(H2,13,14,18)/t8-,10?/m0/s1. The second-order valence-electron chi connectivity index (χ2n) is 4.43. The van der Waals surface area contributed by atoms with Crippen LogP contribution in [-0.4, -0.2) is 34.9 Å². The molecule has 0 saturated carbocycles. The van der Waals surface area contributed by atoms with Crippen molar-refractivity contribution in [1.29, 1.82) is 0 Å². The van der Waals surface area contributed by atoms with Gasteiger partial charge in [-0.2, -0.15) is 0 Å². The van der Waals surface area contributed by atoms with Gasteiger partial charge in [0.05, 0.1) is 12.6 Å². The van der Waals surface area contributed by atoms with Gasteiger partial charge in [0.25, 0.3) is 0 Å². The number of hydrogen-bond acceptors (Lipinski definition) is 4. The molecule has 1 heterocycles. The predicted molar refractivity (Wildman–Crippen MR) is 72.1 cm³/mol. The van der Waals surface area contributed by atoms with Crippen molar-refractivity contribution in [3.05, 3.63) is 22.4 Å². The topological polar surface area (TPSA) is 98.7 Å². The zero-order valence-corrected chi connectivity index (χ0v) is 11.6. The Morgan fingerprint density at radius 1 is 1.37 bits per heavy atom. The summed E-state index contributed by atoms with van der Waals surface area (Å²) in [7, 11) is 0. The van der Waals surface area contributed by atoms with E-state index >= 15 is 0 Å². The monoisotopic (exact) mass is 286 g/mol. The minimum Gasteiger partial charge on any atom is -0.480 e. The normalized spacial score (nSPS) is 13.9. The largest absolute Gasteiger partial charge is 0.480 e. The van der Waals surface area contributed by atoms with E-state index in [4.69, 9.17) is 10.2 Å². The van der Waals surface area contributed by atoms with Gasteiger partial charge in [0.2, 0.25) is 0 Å². The van der Waals surface area contributed by atoms with Crippen LogP contribution in [0.15, 0.2) is 17.5 Å². The first kappa shape index (κ1) is 15.5. The molecule has 0 radical (unpaired) electrons. The molecule has 1 unspecified atom stereocenters. The Labute approximate surface area is 115 Å². The fourth-order valence-electron chi connectivity index (χ4n) is 1.56. The number of nitrogens with one attached hydrogen (secondary N) is 2. The highest BCUT2D eigenvalue weighted by atomic mass is 32.1. The number of carbonyl (C=O) groups is 2. The molecular weight excluding hydrogens is 268 g/mol. The highest BCUT2D eigenvalue weighted by Gasteiger charge is 2.23. The molecular formula is C12H18N2O4S. The number of aliphatic hydroxyl groups is 1. The van der Waals surface area contributed by atoms with Crippen molar-refractivity contribution >= 4 is 23.3 Å². The SMILES string of the molecule is CC(C)C(NC(=O)N[C@@H](CO)C(=O)O)c1cccs1. The zero-order chi connectivity index (χ0) is 14.4. The molecule has 2 atom stereocenters. The average Bonchev–Trinajstić information content (AvgIpc) is 2.85. The van der Waals surface area contributed by atoms with Crippen LogP contribution in [0.2, 0.25) is 0 Å². The molecule has 19 heavy (non-hydrogen) atoms. The Kier molecular flexibility index (Phi) is 5.78. The molecule has 1 aromatic rings. The summed E-state index contributed by atoms with van der Waals surface area (Å²) < 4.78 is 0. The van der Waals surface area contributed by atoms with Crippen molar-refractivity contribution in [2.45, 2.75) is 25.9 Å². The van der Waals surface area contributed by atoms with Crippen LogP contribution < -0.4 is 10.6 Å². The summed E-state index contributed by atoms with van der Waals surface area (Å²) in [6.45, 7) is 3.28. The molecule has 0 aromatic carbocycles. The summed E-state index contributed by atoms with van der Waals surface area (Å²) >= 11 is 1.52. The van der Waals surface area contributed by atoms with Gasteiger partial charge in [-0.15, -0.1) is 11.3 Å². The maximum atomic E-state index is 11.7. The van der Waals surface area contributed by atoms with Crippen LogP contribution in [0.1, 0.15) is 24.8 Å². The third-order valence-corrected chi connectivity index (χ3v) is 3.54. The summed E-state index contributed by atoms with van der Waals surface area (Å²) in [5, 5.41) is 24.5. The number of rotatable bonds is 6. The van der Waals surface area contributed by atoms with Gasteiger partial charge >= 0.3 is 12.0 Å². The number of aliphatic carboxylic acids is 1. The molecule has 1 aromatic heterocycles. The maximum absolute atomic E-state index is 11.7. The van der Waals surface area contributed by atoms with Gasteiger partial charge < -0.3 is 20.8 Å². The fraction of sp³-hybridized carbons (Fsp3) is 0.500. The van der Waals surface area contributed by atoms with E-state index in [1.54, 1.807) is 0 Å². The quantitative estimate of drug-likeness (QED) is 0.631. The van der Waals surface area contributed by atoms with Crippen molar-refractivity contribution in [3.8, 4) is 0 Å². The lowest BCUT2D eigenvalue weighted by Crippen LogP contribution is -2.49. The Bertz CT molecular complexity index is 419. The van der Waals surface area contributed by atoms with Crippen LogP contribution >= 0.6 is 11.3 Å². The van der Waals surface area contributed by atoms with Gasteiger partial charge in [-0.25, -0.2) is 9.59 Å². The second kappa shape index (κ2) is 7.10. The van der Waals surface area contributed by atoms with E-state index in [1.165, 1.54) is 11.3 Å². The number of carbonyl (C=O) groups excluding carboxylic acids is 1. The summed E-state index contributed by atoms with van der Waals surface area (Å²) in [6.07, 6.45) is 0. The predicted octanol–water partition coefficient (Wildman–Crippen LogP) is 1.19. The zero-order valence-electron chi connectivity index (χ0n) is 10.8. The van der Waals surface area contributed by atoms with Crippen LogP contribution in [-0.2, 0) is 4.79 Å². The average molecular weight is 286 g/mol. The Morgan fingerprint density at radius 3 is 2.47 bits per heavy atom. The van der Waals surface area contributed by atoms with Crippen molar-refractivity contribution in [2.24, 2.45) is 5.92 Å². The number of amides is 2. The summed E-state index contributed by atoms with van der Waals surface area (Å²) in [4.78, 5) is 23.4. The number of thiophene rings is 1. The van der Waals surface area contributed by atoms with Crippen LogP contribution in [0.4, 0.5) is 4.79 Å². The molecule has 0 spiro atoms. The number of urea groups is 1. The molecule has 0 bridgehead atoms. The van der Waals surface area contributed by atoms with Gasteiger partial charge in [-0.3, -0.25) is 0 Å². The molecule has 1 rings (SSSR count). The van der Waals surface area contributed by atoms with E-state index < -0.39 is 24.6 Å². The third kappa shape index (κ3) is 4.53. The maximum Gasteiger partial charge on any atom is 0.328 e. The number of carboxylic acids is 1. The van der Waals surface area contributed by atoms with Gasteiger partial charge in [0, 0.05) is 4.88 Å². The van der Waals surface area contributed by atoms with Crippen molar-refractivity contribution in [2.75, 3.05) is 6.61 Å².